The Bertz CT molecular complexity index is 960. The molecule has 2 aliphatic heterocycles. The largest absolute Gasteiger partial charge is 0.351 e. The Hall–Kier alpha value is -2.77. The van der Waals surface area contributed by atoms with Crippen molar-refractivity contribution in [3.05, 3.63) is 65.0 Å². The highest BCUT2D eigenvalue weighted by atomic mass is 35.5. The number of benzene rings is 2. The van der Waals surface area contributed by atoms with Crippen molar-refractivity contribution in [2.75, 3.05) is 31.1 Å². The average molecular weight is 418 g/mol. The van der Waals surface area contributed by atoms with Crippen molar-refractivity contribution < 1.29 is 18.8 Å². The van der Waals surface area contributed by atoms with Crippen LogP contribution >= 0.6 is 12.4 Å². The lowest BCUT2D eigenvalue weighted by Crippen LogP contribution is -2.33. The van der Waals surface area contributed by atoms with E-state index >= 15 is 0 Å². The molecule has 2 aromatic rings. The zero-order valence-electron chi connectivity index (χ0n) is 15.7. The standard InChI is InChI=1S/C21H20FN3O3.ClH/c22-17-5-1-2-6-18(17)25-20(27)15-8-7-14(13-16(15)21(25)28)19(26)23-9-12-24-10-3-4-11-24;/h1-2,5-8,13H,3-4,9-12H2,(H,23,26);1H. The Balaban J connectivity index is 0.00000240. The number of nitrogens with zero attached hydrogens (tertiary/aromatic N) is 2. The zero-order valence-corrected chi connectivity index (χ0v) is 16.5. The highest BCUT2D eigenvalue weighted by Gasteiger charge is 2.38. The van der Waals surface area contributed by atoms with Gasteiger partial charge in [0.05, 0.1) is 16.8 Å². The SMILES string of the molecule is Cl.O=C(NCCN1CCCC1)c1ccc2c(c1)C(=O)N(c1ccccc1F)C2=O. The van der Waals surface area contributed by atoms with Crippen LogP contribution in [0.3, 0.4) is 0 Å². The number of carbonyl (C=O) groups excluding carboxylic acids is 3. The van der Waals surface area contributed by atoms with Crippen molar-refractivity contribution in [2.24, 2.45) is 0 Å². The lowest BCUT2D eigenvalue weighted by molar-refractivity contribution is 0.0922. The van der Waals surface area contributed by atoms with Gasteiger partial charge in [-0.05, 0) is 56.3 Å². The van der Waals surface area contributed by atoms with Crippen molar-refractivity contribution in [2.45, 2.75) is 12.8 Å². The van der Waals surface area contributed by atoms with Gasteiger partial charge in [0.25, 0.3) is 17.7 Å². The van der Waals surface area contributed by atoms with Gasteiger partial charge in [-0.15, -0.1) is 12.4 Å². The van der Waals surface area contributed by atoms with Crippen LogP contribution in [0.1, 0.15) is 43.9 Å². The first-order chi connectivity index (χ1) is 13.6. The molecule has 0 atom stereocenters. The van der Waals surface area contributed by atoms with Crippen molar-refractivity contribution in [3.63, 3.8) is 0 Å². The summed E-state index contributed by atoms with van der Waals surface area (Å²) >= 11 is 0. The molecule has 1 fully saturated rings. The first-order valence-corrected chi connectivity index (χ1v) is 9.34. The second kappa shape index (κ2) is 8.71. The minimum atomic E-state index is -0.656. The number of amides is 3. The summed E-state index contributed by atoms with van der Waals surface area (Å²) in [5.74, 6) is -2.17. The third-order valence-electron chi connectivity index (χ3n) is 5.15. The predicted octanol–water partition coefficient (Wildman–Crippen LogP) is 2.87. The normalized spacial score (nSPS) is 16.0. The number of imide groups is 1. The molecule has 2 aromatic carbocycles. The van der Waals surface area contributed by atoms with E-state index in [0.29, 0.717) is 12.1 Å². The Morgan fingerprint density at radius 3 is 2.41 bits per heavy atom. The topological polar surface area (TPSA) is 69.7 Å². The van der Waals surface area contributed by atoms with Gasteiger partial charge in [-0.2, -0.15) is 0 Å². The van der Waals surface area contributed by atoms with Crippen LogP contribution < -0.4 is 10.2 Å². The summed E-state index contributed by atoms with van der Waals surface area (Å²) in [7, 11) is 0. The lowest BCUT2D eigenvalue weighted by atomic mass is 10.1. The van der Waals surface area contributed by atoms with Gasteiger partial charge in [-0.1, -0.05) is 12.1 Å². The molecule has 152 valence electrons. The third-order valence-corrected chi connectivity index (χ3v) is 5.15. The highest BCUT2D eigenvalue weighted by molar-refractivity contribution is 6.34. The maximum absolute atomic E-state index is 14.1. The summed E-state index contributed by atoms with van der Waals surface area (Å²) in [6.07, 6.45) is 2.38. The van der Waals surface area contributed by atoms with E-state index < -0.39 is 17.6 Å². The second-order valence-electron chi connectivity index (χ2n) is 6.96. The molecule has 8 heteroatoms. The molecule has 2 heterocycles. The number of para-hydroxylation sites is 1. The fourth-order valence-electron chi connectivity index (χ4n) is 3.67. The molecular formula is C21H21ClFN3O3. The smallest absolute Gasteiger partial charge is 0.266 e. The summed E-state index contributed by atoms with van der Waals surface area (Å²) < 4.78 is 14.1. The summed E-state index contributed by atoms with van der Waals surface area (Å²) in [6.45, 7) is 3.41. The van der Waals surface area contributed by atoms with E-state index in [0.717, 1.165) is 24.5 Å². The Labute approximate surface area is 174 Å². The van der Waals surface area contributed by atoms with Crippen molar-refractivity contribution in [1.29, 1.82) is 0 Å². The summed E-state index contributed by atoms with van der Waals surface area (Å²) in [6, 6.07) is 9.98. The van der Waals surface area contributed by atoms with Crippen LogP contribution in [0, 0.1) is 5.82 Å². The molecule has 0 aromatic heterocycles. The lowest BCUT2D eigenvalue weighted by Gasteiger charge is -2.14. The first-order valence-electron chi connectivity index (χ1n) is 9.34. The van der Waals surface area contributed by atoms with Crippen LogP contribution in [-0.2, 0) is 0 Å². The minimum Gasteiger partial charge on any atom is -0.351 e. The molecule has 0 unspecified atom stereocenters. The van der Waals surface area contributed by atoms with E-state index in [9.17, 15) is 18.8 Å². The van der Waals surface area contributed by atoms with E-state index in [1.807, 2.05) is 0 Å². The van der Waals surface area contributed by atoms with Crippen molar-refractivity contribution >= 4 is 35.8 Å². The number of rotatable bonds is 5. The number of likely N-dealkylation sites (tertiary alicyclic amines) is 1. The predicted molar refractivity (Wildman–Crippen MR) is 109 cm³/mol. The van der Waals surface area contributed by atoms with Gasteiger partial charge < -0.3 is 10.2 Å². The molecule has 0 bridgehead atoms. The summed E-state index contributed by atoms with van der Waals surface area (Å²) in [5.41, 5.74) is 0.490. The first kappa shape index (κ1) is 21.0. The van der Waals surface area contributed by atoms with Gasteiger partial charge >= 0.3 is 0 Å². The summed E-state index contributed by atoms with van der Waals surface area (Å²) in [4.78, 5) is 40.8. The monoisotopic (exact) mass is 417 g/mol. The van der Waals surface area contributed by atoms with Crippen LogP contribution in [-0.4, -0.2) is 48.8 Å². The molecular weight excluding hydrogens is 397 g/mol. The molecule has 0 saturated carbocycles. The Morgan fingerprint density at radius 1 is 1.00 bits per heavy atom. The number of hydrogen-bond acceptors (Lipinski definition) is 4. The van der Waals surface area contributed by atoms with Gasteiger partial charge in [-0.25, -0.2) is 9.29 Å². The molecule has 0 spiro atoms. The maximum atomic E-state index is 14.1. The number of hydrogen-bond donors (Lipinski definition) is 1. The van der Waals surface area contributed by atoms with Crippen LogP contribution in [0.5, 0.6) is 0 Å². The molecule has 0 radical (unpaired) electrons. The molecule has 4 rings (SSSR count). The minimum absolute atomic E-state index is 0. The van der Waals surface area contributed by atoms with Crippen molar-refractivity contribution in [1.82, 2.24) is 10.2 Å². The molecule has 2 aliphatic rings. The maximum Gasteiger partial charge on any atom is 0.266 e. The Morgan fingerprint density at radius 2 is 1.69 bits per heavy atom. The van der Waals surface area contributed by atoms with E-state index in [-0.39, 0.29) is 35.1 Å². The van der Waals surface area contributed by atoms with E-state index in [2.05, 4.69) is 10.2 Å². The fraction of sp³-hybridized carbons (Fsp3) is 0.286. The van der Waals surface area contributed by atoms with Gasteiger partial charge in [-0.3, -0.25) is 14.4 Å². The molecule has 0 aliphatic carbocycles. The van der Waals surface area contributed by atoms with E-state index in [4.69, 9.17) is 0 Å². The van der Waals surface area contributed by atoms with E-state index in [1.165, 1.54) is 49.2 Å². The molecule has 1 N–H and O–H groups in total. The zero-order chi connectivity index (χ0) is 19.7. The fourth-order valence-corrected chi connectivity index (χ4v) is 3.67. The van der Waals surface area contributed by atoms with Gasteiger partial charge in [0, 0.05) is 18.7 Å². The number of fused-ring (bicyclic) bond motifs is 1. The molecule has 6 nitrogen and oxygen atoms in total. The number of anilines is 1. The quantitative estimate of drug-likeness (QED) is 0.759. The third kappa shape index (κ3) is 4.02. The van der Waals surface area contributed by atoms with E-state index in [1.54, 1.807) is 6.07 Å². The van der Waals surface area contributed by atoms with Crippen molar-refractivity contribution in [3.8, 4) is 0 Å². The van der Waals surface area contributed by atoms with Crippen LogP contribution in [0.15, 0.2) is 42.5 Å². The number of halogens is 2. The second-order valence-corrected chi connectivity index (χ2v) is 6.96. The van der Waals surface area contributed by atoms with Crippen LogP contribution in [0.25, 0.3) is 0 Å². The van der Waals surface area contributed by atoms with Gasteiger partial charge in [0.2, 0.25) is 0 Å². The highest BCUT2D eigenvalue weighted by Crippen LogP contribution is 2.30. The Kier molecular flexibility index (Phi) is 6.30. The molecule has 29 heavy (non-hydrogen) atoms. The van der Waals surface area contributed by atoms with Crippen LogP contribution in [0.4, 0.5) is 10.1 Å². The average Bonchev–Trinajstić information content (AvgIpc) is 3.30. The van der Waals surface area contributed by atoms with Gasteiger partial charge in [0.1, 0.15) is 5.82 Å². The molecule has 1 saturated heterocycles. The molecule has 3 amide bonds. The van der Waals surface area contributed by atoms with Gasteiger partial charge in [0.15, 0.2) is 0 Å². The number of carbonyl (C=O) groups is 3. The summed E-state index contributed by atoms with van der Waals surface area (Å²) in [5, 5.41) is 2.84. The van der Waals surface area contributed by atoms with Crippen LogP contribution in [0.2, 0.25) is 0 Å². The number of nitrogens with one attached hydrogen (secondary N) is 1.